The smallest absolute Gasteiger partial charge is 0.310 e. The molecular weight excluding hydrogens is 310 g/mol. The van der Waals surface area contributed by atoms with E-state index < -0.39 is 28.0 Å². The summed E-state index contributed by atoms with van der Waals surface area (Å²) >= 11 is 0. The van der Waals surface area contributed by atoms with Crippen molar-refractivity contribution in [1.29, 1.82) is 0 Å². The molecule has 8 heteroatoms. The first kappa shape index (κ1) is 16.7. The fraction of sp³-hybridized carbons (Fsp3) is 0.500. The highest BCUT2D eigenvalue weighted by atomic mass is 32.2. The lowest BCUT2D eigenvalue weighted by Gasteiger charge is -2.33. The van der Waals surface area contributed by atoms with Crippen molar-refractivity contribution in [2.45, 2.75) is 24.3 Å². The second-order valence-corrected chi connectivity index (χ2v) is 7.01. The van der Waals surface area contributed by atoms with E-state index in [-0.39, 0.29) is 24.4 Å². The van der Waals surface area contributed by atoms with Crippen LogP contribution in [-0.2, 0) is 14.8 Å². The average molecular weight is 329 g/mol. The number of rotatable bonds is 5. The molecule has 1 aromatic carbocycles. The number of hydrogen-bond donors (Lipinski definition) is 2. The van der Waals surface area contributed by atoms with Crippen molar-refractivity contribution in [3.63, 3.8) is 0 Å². The maximum absolute atomic E-state index is 12.5. The van der Waals surface area contributed by atoms with Gasteiger partial charge in [0, 0.05) is 13.1 Å². The molecule has 0 amide bonds. The SMILES string of the molecule is CCOc1ccc(S(=O)(=O)N2CC[C@@H](O)[C@@H](C(=O)O)C2)cc1. The standard InChI is InChI=1S/C14H19NO6S/c1-2-21-10-3-5-11(6-4-10)22(19,20)15-8-7-13(16)12(9-15)14(17)18/h3-6,12-13,16H,2,7-9H2,1H3,(H,17,18)/t12-,13+/m0/s1. The molecule has 1 aromatic rings. The summed E-state index contributed by atoms with van der Waals surface area (Å²) in [5.41, 5.74) is 0. The van der Waals surface area contributed by atoms with Crippen molar-refractivity contribution >= 4 is 16.0 Å². The number of sulfonamides is 1. The number of aliphatic hydroxyl groups excluding tert-OH is 1. The molecule has 1 saturated heterocycles. The quantitative estimate of drug-likeness (QED) is 0.817. The second-order valence-electron chi connectivity index (χ2n) is 5.07. The Hall–Kier alpha value is -1.64. The molecule has 0 bridgehead atoms. The third-order valence-corrected chi connectivity index (χ3v) is 5.51. The molecule has 1 aliphatic heterocycles. The van der Waals surface area contributed by atoms with Crippen molar-refractivity contribution in [1.82, 2.24) is 4.31 Å². The van der Waals surface area contributed by atoms with E-state index in [4.69, 9.17) is 9.84 Å². The summed E-state index contributed by atoms with van der Waals surface area (Å²) in [7, 11) is -3.78. The summed E-state index contributed by atoms with van der Waals surface area (Å²) in [5.74, 6) is -1.73. The van der Waals surface area contributed by atoms with Gasteiger partial charge in [0.1, 0.15) is 5.75 Å². The summed E-state index contributed by atoms with van der Waals surface area (Å²) in [4.78, 5) is 11.2. The van der Waals surface area contributed by atoms with E-state index in [2.05, 4.69) is 0 Å². The molecule has 122 valence electrons. The van der Waals surface area contributed by atoms with Gasteiger partial charge in [0.15, 0.2) is 0 Å². The normalized spacial score (nSPS) is 23.2. The lowest BCUT2D eigenvalue weighted by Crippen LogP contribution is -2.48. The number of aliphatic hydroxyl groups is 1. The first-order valence-electron chi connectivity index (χ1n) is 7.00. The van der Waals surface area contributed by atoms with Crippen molar-refractivity contribution < 1.29 is 28.2 Å². The molecule has 0 aliphatic carbocycles. The van der Waals surface area contributed by atoms with Gasteiger partial charge in [-0.15, -0.1) is 0 Å². The Morgan fingerprint density at radius 2 is 2.00 bits per heavy atom. The molecular formula is C14H19NO6S. The molecule has 0 spiro atoms. The Balaban J connectivity index is 2.20. The zero-order chi connectivity index (χ0) is 16.3. The number of aliphatic carboxylic acids is 1. The van der Waals surface area contributed by atoms with Gasteiger partial charge in [0.25, 0.3) is 0 Å². The molecule has 1 fully saturated rings. The molecule has 0 saturated carbocycles. The monoisotopic (exact) mass is 329 g/mol. The van der Waals surface area contributed by atoms with Crippen molar-refractivity contribution in [2.24, 2.45) is 5.92 Å². The van der Waals surface area contributed by atoms with E-state index in [1.54, 1.807) is 12.1 Å². The van der Waals surface area contributed by atoms with E-state index >= 15 is 0 Å². The van der Waals surface area contributed by atoms with Crippen LogP contribution >= 0.6 is 0 Å². The van der Waals surface area contributed by atoms with Crippen LogP contribution in [0.25, 0.3) is 0 Å². The Bertz CT molecular complexity index is 627. The summed E-state index contributed by atoms with van der Waals surface area (Å²) in [6.07, 6.45) is -0.919. The molecule has 7 nitrogen and oxygen atoms in total. The summed E-state index contributed by atoms with van der Waals surface area (Å²) < 4.78 is 31.5. The topological polar surface area (TPSA) is 104 Å². The number of piperidine rings is 1. The number of benzene rings is 1. The van der Waals surface area contributed by atoms with Crippen molar-refractivity contribution in [3.05, 3.63) is 24.3 Å². The highest BCUT2D eigenvalue weighted by molar-refractivity contribution is 7.89. The van der Waals surface area contributed by atoms with E-state index in [9.17, 15) is 18.3 Å². The van der Waals surface area contributed by atoms with Crippen LogP contribution in [0.2, 0.25) is 0 Å². The lowest BCUT2D eigenvalue weighted by atomic mass is 9.96. The Morgan fingerprint density at radius 1 is 1.36 bits per heavy atom. The maximum atomic E-state index is 12.5. The zero-order valence-corrected chi connectivity index (χ0v) is 13.0. The summed E-state index contributed by atoms with van der Waals surface area (Å²) in [5, 5.41) is 18.7. The predicted octanol–water partition coefficient (Wildman–Crippen LogP) is 0.541. The number of carbonyl (C=O) groups is 1. The minimum Gasteiger partial charge on any atom is -0.494 e. The van der Waals surface area contributed by atoms with Gasteiger partial charge in [0.05, 0.1) is 23.5 Å². The summed E-state index contributed by atoms with van der Waals surface area (Å²) in [6.45, 7) is 2.18. The van der Waals surface area contributed by atoms with Crippen molar-refractivity contribution in [2.75, 3.05) is 19.7 Å². The largest absolute Gasteiger partial charge is 0.494 e. The first-order valence-corrected chi connectivity index (χ1v) is 8.44. The van der Waals surface area contributed by atoms with Crippen LogP contribution in [0, 0.1) is 5.92 Å². The lowest BCUT2D eigenvalue weighted by molar-refractivity contribution is -0.147. The van der Waals surface area contributed by atoms with Gasteiger partial charge < -0.3 is 14.9 Å². The van der Waals surface area contributed by atoms with Crippen LogP contribution in [0.5, 0.6) is 5.75 Å². The highest BCUT2D eigenvalue weighted by Crippen LogP contribution is 2.25. The molecule has 2 rings (SSSR count). The molecule has 1 aliphatic rings. The molecule has 2 N–H and O–H groups in total. The predicted molar refractivity (Wildman–Crippen MR) is 78.1 cm³/mol. The van der Waals surface area contributed by atoms with Crippen molar-refractivity contribution in [3.8, 4) is 5.75 Å². The van der Waals surface area contributed by atoms with Crippen LogP contribution in [0.3, 0.4) is 0 Å². The number of carboxylic acids is 1. The van der Waals surface area contributed by atoms with Gasteiger partial charge in [-0.25, -0.2) is 8.42 Å². The van der Waals surface area contributed by atoms with Crippen LogP contribution in [0.4, 0.5) is 0 Å². The number of hydrogen-bond acceptors (Lipinski definition) is 5. The Labute approximate surface area is 129 Å². The fourth-order valence-corrected chi connectivity index (χ4v) is 3.88. The van der Waals surface area contributed by atoms with Gasteiger partial charge in [-0.1, -0.05) is 0 Å². The third-order valence-electron chi connectivity index (χ3n) is 3.63. The van der Waals surface area contributed by atoms with Gasteiger partial charge in [-0.3, -0.25) is 4.79 Å². The van der Waals surface area contributed by atoms with E-state index in [0.717, 1.165) is 4.31 Å². The maximum Gasteiger partial charge on any atom is 0.310 e. The van der Waals surface area contributed by atoms with E-state index in [0.29, 0.717) is 12.4 Å². The molecule has 22 heavy (non-hydrogen) atoms. The van der Waals surface area contributed by atoms with Crippen LogP contribution in [0.15, 0.2) is 29.2 Å². The van der Waals surface area contributed by atoms with E-state index in [1.165, 1.54) is 12.1 Å². The molecule has 0 unspecified atom stereocenters. The fourth-order valence-electron chi connectivity index (χ4n) is 2.39. The average Bonchev–Trinajstić information content (AvgIpc) is 2.48. The minimum absolute atomic E-state index is 0.0801. The number of nitrogens with zero attached hydrogens (tertiary/aromatic N) is 1. The third kappa shape index (κ3) is 3.40. The molecule has 0 radical (unpaired) electrons. The van der Waals surface area contributed by atoms with Crippen LogP contribution in [0.1, 0.15) is 13.3 Å². The summed E-state index contributed by atoms with van der Waals surface area (Å²) in [6, 6.07) is 5.98. The molecule has 1 heterocycles. The molecule has 0 aromatic heterocycles. The Kier molecular flexibility index (Phi) is 5.05. The van der Waals surface area contributed by atoms with Crippen LogP contribution < -0.4 is 4.74 Å². The Morgan fingerprint density at radius 3 is 2.55 bits per heavy atom. The molecule has 2 atom stereocenters. The first-order chi connectivity index (χ1) is 10.4. The van der Waals surface area contributed by atoms with E-state index in [1.807, 2.05) is 6.92 Å². The van der Waals surface area contributed by atoms with Gasteiger partial charge >= 0.3 is 5.97 Å². The van der Waals surface area contributed by atoms with Crippen LogP contribution in [-0.4, -0.2) is 54.7 Å². The number of ether oxygens (including phenoxy) is 1. The van der Waals surface area contributed by atoms with Gasteiger partial charge in [-0.2, -0.15) is 4.31 Å². The second kappa shape index (κ2) is 6.64. The van der Waals surface area contributed by atoms with Gasteiger partial charge in [-0.05, 0) is 37.6 Å². The van der Waals surface area contributed by atoms with Gasteiger partial charge in [0.2, 0.25) is 10.0 Å². The zero-order valence-electron chi connectivity index (χ0n) is 12.2. The number of carboxylic acid groups (broad SMARTS) is 1. The highest BCUT2D eigenvalue weighted by Gasteiger charge is 2.38. The minimum atomic E-state index is -3.78.